The molecule has 2 rings (SSSR count). The Balaban J connectivity index is 2.07. The van der Waals surface area contributed by atoms with Crippen LogP contribution in [0.4, 0.5) is 0 Å². The summed E-state index contributed by atoms with van der Waals surface area (Å²) in [4.78, 5) is 19.2. The molecule has 0 atom stereocenters. The molecule has 1 amide bonds. The quantitative estimate of drug-likeness (QED) is 0.880. The smallest absolute Gasteiger partial charge is 0.265 e. The summed E-state index contributed by atoms with van der Waals surface area (Å²) < 4.78 is 25.7. The molecule has 19 heavy (non-hydrogen) atoms. The fourth-order valence-corrected chi connectivity index (χ4v) is 2.39. The molecule has 0 aliphatic rings. The first-order valence-corrected chi connectivity index (χ1v) is 6.91. The van der Waals surface area contributed by atoms with E-state index in [2.05, 4.69) is 9.97 Å². The lowest BCUT2D eigenvalue weighted by molar-refractivity contribution is -0.118. The molecule has 0 aliphatic carbocycles. The maximum atomic E-state index is 11.8. The van der Waals surface area contributed by atoms with Crippen LogP contribution in [-0.4, -0.2) is 24.3 Å². The molecule has 7 heteroatoms. The van der Waals surface area contributed by atoms with Crippen LogP contribution in [0.1, 0.15) is 5.56 Å². The van der Waals surface area contributed by atoms with E-state index in [0.717, 1.165) is 0 Å². The van der Waals surface area contributed by atoms with E-state index < -0.39 is 15.9 Å². The van der Waals surface area contributed by atoms with Crippen molar-refractivity contribution in [3.63, 3.8) is 0 Å². The maximum Gasteiger partial charge on any atom is 0.265 e. The van der Waals surface area contributed by atoms with Crippen LogP contribution in [0, 0.1) is 0 Å². The van der Waals surface area contributed by atoms with Crippen molar-refractivity contribution in [2.24, 2.45) is 0 Å². The molecule has 2 aromatic rings. The van der Waals surface area contributed by atoms with Crippen molar-refractivity contribution in [2.75, 3.05) is 0 Å². The summed E-state index contributed by atoms with van der Waals surface area (Å²) in [7, 11) is -3.86. The van der Waals surface area contributed by atoms with Gasteiger partial charge in [-0.1, -0.05) is 6.07 Å². The lowest BCUT2D eigenvalue weighted by Gasteiger charge is -2.06. The molecule has 0 bridgehead atoms. The van der Waals surface area contributed by atoms with Crippen LogP contribution in [0.25, 0.3) is 0 Å². The van der Waals surface area contributed by atoms with Crippen molar-refractivity contribution in [2.45, 2.75) is 11.3 Å². The molecule has 2 heterocycles. The third-order valence-corrected chi connectivity index (χ3v) is 3.64. The highest BCUT2D eigenvalue weighted by atomic mass is 32.2. The molecule has 6 nitrogen and oxygen atoms in total. The van der Waals surface area contributed by atoms with E-state index in [1.165, 1.54) is 30.7 Å². The molecule has 0 aliphatic heterocycles. The van der Waals surface area contributed by atoms with Gasteiger partial charge in [-0.15, -0.1) is 0 Å². The molecular formula is C12H11N3O3S. The predicted molar refractivity (Wildman–Crippen MR) is 67.5 cm³/mol. The van der Waals surface area contributed by atoms with Gasteiger partial charge in [-0.05, 0) is 23.8 Å². The second-order valence-corrected chi connectivity index (χ2v) is 5.44. The van der Waals surface area contributed by atoms with E-state index in [0.29, 0.717) is 5.56 Å². The molecule has 0 spiro atoms. The zero-order valence-corrected chi connectivity index (χ0v) is 10.7. The Morgan fingerprint density at radius 3 is 2.37 bits per heavy atom. The number of hydrogen-bond donors (Lipinski definition) is 1. The van der Waals surface area contributed by atoms with Crippen molar-refractivity contribution >= 4 is 15.9 Å². The molecule has 0 saturated heterocycles. The first-order valence-electron chi connectivity index (χ1n) is 5.42. The van der Waals surface area contributed by atoms with Gasteiger partial charge in [-0.2, -0.15) is 0 Å². The van der Waals surface area contributed by atoms with Crippen molar-refractivity contribution in [3.8, 4) is 0 Å². The summed E-state index contributed by atoms with van der Waals surface area (Å²) in [6, 6.07) is 6.23. The van der Waals surface area contributed by atoms with Gasteiger partial charge in [-0.3, -0.25) is 14.8 Å². The van der Waals surface area contributed by atoms with Crippen molar-refractivity contribution in [1.82, 2.24) is 14.7 Å². The summed E-state index contributed by atoms with van der Waals surface area (Å²) in [6.07, 6.45) is 5.67. The van der Waals surface area contributed by atoms with Crippen molar-refractivity contribution in [3.05, 3.63) is 54.6 Å². The second kappa shape index (κ2) is 5.57. The average molecular weight is 277 g/mol. The fourth-order valence-electron chi connectivity index (χ4n) is 1.44. The Bertz CT molecular complexity index is 657. The second-order valence-electron chi connectivity index (χ2n) is 3.76. The number of sulfonamides is 1. The van der Waals surface area contributed by atoms with E-state index in [-0.39, 0.29) is 11.3 Å². The number of nitrogens with one attached hydrogen (secondary N) is 1. The third-order valence-electron chi connectivity index (χ3n) is 2.28. The van der Waals surface area contributed by atoms with E-state index in [1.807, 2.05) is 4.72 Å². The van der Waals surface area contributed by atoms with Crippen molar-refractivity contribution < 1.29 is 13.2 Å². The first kappa shape index (κ1) is 13.2. The van der Waals surface area contributed by atoms with Gasteiger partial charge in [0.2, 0.25) is 5.91 Å². The van der Waals surface area contributed by atoms with Gasteiger partial charge in [0.15, 0.2) is 0 Å². The van der Waals surface area contributed by atoms with E-state index in [4.69, 9.17) is 0 Å². The SMILES string of the molecule is O=C(Cc1cccnc1)NS(=O)(=O)c1cccnc1. The number of rotatable bonds is 4. The molecule has 0 saturated carbocycles. The molecule has 98 valence electrons. The van der Waals surface area contributed by atoms with Gasteiger partial charge in [-0.25, -0.2) is 13.1 Å². The topological polar surface area (TPSA) is 89.0 Å². The Morgan fingerprint density at radius 2 is 1.79 bits per heavy atom. The van der Waals surface area contributed by atoms with Gasteiger partial charge in [0.05, 0.1) is 6.42 Å². The highest BCUT2D eigenvalue weighted by Crippen LogP contribution is 2.06. The molecule has 0 fully saturated rings. The Hall–Kier alpha value is -2.28. The molecule has 0 unspecified atom stereocenters. The number of carbonyl (C=O) groups is 1. The van der Waals surface area contributed by atoms with Crippen LogP contribution in [0.3, 0.4) is 0 Å². The zero-order chi connectivity index (χ0) is 13.7. The molecule has 2 aromatic heterocycles. The van der Waals surface area contributed by atoms with Crippen LogP contribution < -0.4 is 4.72 Å². The number of hydrogen-bond acceptors (Lipinski definition) is 5. The maximum absolute atomic E-state index is 11.8. The first-order chi connectivity index (χ1) is 9.08. The highest BCUT2D eigenvalue weighted by molar-refractivity contribution is 7.90. The summed E-state index contributed by atoms with van der Waals surface area (Å²) in [5, 5.41) is 0. The van der Waals surface area contributed by atoms with E-state index >= 15 is 0 Å². The third kappa shape index (κ3) is 3.59. The lowest BCUT2D eigenvalue weighted by atomic mass is 10.2. The Morgan fingerprint density at radius 1 is 1.11 bits per heavy atom. The molecule has 0 aromatic carbocycles. The zero-order valence-electron chi connectivity index (χ0n) is 9.85. The normalized spacial score (nSPS) is 10.9. The summed E-state index contributed by atoms with van der Waals surface area (Å²) in [6.45, 7) is 0. The Kier molecular flexibility index (Phi) is 3.86. The summed E-state index contributed by atoms with van der Waals surface area (Å²) in [5.41, 5.74) is 0.640. The monoisotopic (exact) mass is 277 g/mol. The van der Waals surface area contributed by atoms with Crippen LogP contribution in [0.5, 0.6) is 0 Å². The van der Waals surface area contributed by atoms with Crippen LogP contribution in [-0.2, 0) is 21.2 Å². The minimum absolute atomic E-state index is 0.0467. The van der Waals surface area contributed by atoms with Crippen LogP contribution >= 0.6 is 0 Å². The minimum atomic E-state index is -3.86. The van der Waals surface area contributed by atoms with Crippen LogP contribution in [0.2, 0.25) is 0 Å². The number of pyridine rings is 2. The molecule has 0 radical (unpaired) electrons. The highest BCUT2D eigenvalue weighted by Gasteiger charge is 2.17. The predicted octanol–water partition coefficient (Wildman–Crippen LogP) is 0.524. The summed E-state index contributed by atoms with van der Waals surface area (Å²) in [5.74, 6) is -0.614. The fraction of sp³-hybridized carbons (Fsp3) is 0.0833. The molecular weight excluding hydrogens is 266 g/mol. The number of amides is 1. The lowest BCUT2D eigenvalue weighted by Crippen LogP contribution is -2.31. The Labute approximate surface area is 110 Å². The van der Waals surface area contributed by atoms with Gasteiger partial charge in [0.1, 0.15) is 4.90 Å². The van der Waals surface area contributed by atoms with Gasteiger partial charge in [0, 0.05) is 24.8 Å². The van der Waals surface area contributed by atoms with E-state index in [1.54, 1.807) is 18.3 Å². The van der Waals surface area contributed by atoms with Crippen molar-refractivity contribution in [1.29, 1.82) is 0 Å². The number of aromatic nitrogens is 2. The standard InChI is InChI=1S/C12H11N3O3S/c16-12(7-10-3-1-5-13-8-10)15-19(17,18)11-4-2-6-14-9-11/h1-6,8-9H,7H2,(H,15,16). The summed E-state index contributed by atoms with van der Waals surface area (Å²) >= 11 is 0. The van der Waals surface area contributed by atoms with Gasteiger partial charge >= 0.3 is 0 Å². The van der Waals surface area contributed by atoms with Crippen LogP contribution in [0.15, 0.2) is 53.9 Å². The largest absolute Gasteiger partial charge is 0.274 e. The number of nitrogens with zero attached hydrogens (tertiary/aromatic N) is 2. The average Bonchev–Trinajstić information content (AvgIpc) is 2.40. The number of carbonyl (C=O) groups excluding carboxylic acids is 1. The van der Waals surface area contributed by atoms with Gasteiger partial charge < -0.3 is 0 Å². The minimum Gasteiger partial charge on any atom is -0.274 e. The van der Waals surface area contributed by atoms with Gasteiger partial charge in [0.25, 0.3) is 10.0 Å². The van der Waals surface area contributed by atoms with E-state index in [9.17, 15) is 13.2 Å². The molecule has 1 N–H and O–H groups in total.